The van der Waals surface area contributed by atoms with Crippen LogP contribution in [-0.4, -0.2) is 4.57 Å². The highest BCUT2D eigenvalue weighted by atomic mass is 14.9. The lowest BCUT2D eigenvalue weighted by atomic mass is 10.1. The van der Waals surface area contributed by atoms with Crippen LogP contribution in [0.1, 0.15) is 11.1 Å². The van der Waals surface area contributed by atoms with Gasteiger partial charge in [-0.3, -0.25) is 0 Å². The molecule has 3 aromatic rings. The number of benzene rings is 2. The number of terminal acetylenes is 1. The highest BCUT2D eigenvalue weighted by molar-refractivity contribution is 5.81. The quantitative estimate of drug-likeness (QED) is 0.593. The molecular weight excluding hydrogens is 218 g/mol. The predicted molar refractivity (Wildman–Crippen MR) is 75.4 cm³/mol. The normalized spacial score (nSPS) is 10.4. The Kier molecular flexibility index (Phi) is 2.63. The van der Waals surface area contributed by atoms with Gasteiger partial charge >= 0.3 is 0 Å². The van der Waals surface area contributed by atoms with Gasteiger partial charge < -0.3 is 4.57 Å². The van der Waals surface area contributed by atoms with E-state index in [1.165, 1.54) is 16.5 Å². The lowest BCUT2D eigenvalue weighted by Crippen LogP contribution is -1.97. The van der Waals surface area contributed by atoms with Crippen molar-refractivity contribution in [3.8, 4) is 12.3 Å². The summed E-state index contributed by atoms with van der Waals surface area (Å²) < 4.78 is 2.24. The summed E-state index contributed by atoms with van der Waals surface area (Å²) in [7, 11) is 0. The summed E-state index contributed by atoms with van der Waals surface area (Å²) in [5, 5.41) is 1.20. The molecule has 0 aliphatic heterocycles. The van der Waals surface area contributed by atoms with E-state index < -0.39 is 0 Å². The van der Waals surface area contributed by atoms with Crippen LogP contribution in [0.15, 0.2) is 60.8 Å². The zero-order valence-corrected chi connectivity index (χ0v) is 10.0. The zero-order valence-electron chi connectivity index (χ0n) is 10.0. The van der Waals surface area contributed by atoms with Gasteiger partial charge in [-0.15, -0.1) is 6.42 Å². The third-order valence-electron chi connectivity index (χ3n) is 3.13. The summed E-state index contributed by atoms with van der Waals surface area (Å²) in [6.45, 7) is 0.889. The topological polar surface area (TPSA) is 4.93 Å². The molecule has 1 heteroatoms. The number of fused-ring (bicyclic) bond motifs is 1. The number of rotatable bonds is 2. The minimum absolute atomic E-state index is 0.889. The highest BCUT2D eigenvalue weighted by Crippen LogP contribution is 2.18. The number of hydrogen-bond acceptors (Lipinski definition) is 0. The van der Waals surface area contributed by atoms with E-state index >= 15 is 0 Å². The molecule has 0 unspecified atom stereocenters. The Hall–Kier alpha value is -2.46. The van der Waals surface area contributed by atoms with Crippen LogP contribution < -0.4 is 0 Å². The lowest BCUT2D eigenvalue weighted by molar-refractivity contribution is 0.837. The molecule has 86 valence electrons. The summed E-state index contributed by atoms with van der Waals surface area (Å²) in [5.41, 5.74) is 3.45. The Morgan fingerprint density at radius 1 is 1.00 bits per heavy atom. The van der Waals surface area contributed by atoms with E-state index in [-0.39, 0.29) is 0 Å². The molecule has 3 rings (SSSR count). The fourth-order valence-electron chi connectivity index (χ4n) is 2.21. The first-order chi connectivity index (χ1) is 8.86. The summed E-state index contributed by atoms with van der Waals surface area (Å²) in [6.07, 6.45) is 7.52. The molecule has 18 heavy (non-hydrogen) atoms. The van der Waals surface area contributed by atoms with Crippen molar-refractivity contribution in [3.05, 3.63) is 71.9 Å². The molecule has 0 amide bonds. The van der Waals surface area contributed by atoms with Gasteiger partial charge in [0.2, 0.25) is 0 Å². The number of nitrogens with zero attached hydrogens (tertiary/aromatic N) is 1. The summed E-state index contributed by atoms with van der Waals surface area (Å²) in [4.78, 5) is 0. The van der Waals surface area contributed by atoms with Gasteiger partial charge in [0.25, 0.3) is 0 Å². The molecular formula is C17H13N. The van der Waals surface area contributed by atoms with Crippen LogP contribution in [0.5, 0.6) is 0 Å². The first kappa shape index (κ1) is 10.7. The molecule has 0 bridgehead atoms. The van der Waals surface area contributed by atoms with E-state index in [1.807, 2.05) is 12.1 Å². The van der Waals surface area contributed by atoms with Crippen LogP contribution in [0.2, 0.25) is 0 Å². The maximum atomic E-state index is 5.41. The summed E-state index contributed by atoms with van der Waals surface area (Å²) in [5.74, 6) is 2.67. The standard InChI is InChI=1S/C17H13N/c1-2-14-8-9-17-16(12-14)10-11-18(17)13-15-6-4-3-5-7-15/h1,3-12H,13H2. The van der Waals surface area contributed by atoms with Crippen LogP contribution in [-0.2, 0) is 6.54 Å². The molecule has 0 N–H and O–H groups in total. The van der Waals surface area contributed by atoms with Crippen molar-refractivity contribution in [2.24, 2.45) is 0 Å². The lowest BCUT2D eigenvalue weighted by Gasteiger charge is -2.05. The van der Waals surface area contributed by atoms with Crippen molar-refractivity contribution < 1.29 is 0 Å². The van der Waals surface area contributed by atoms with Crippen LogP contribution in [0, 0.1) is 12.3 Å². The fraction of sp³-hybridized carbons (Fsp3) is 0.0588. The second-order valence-electron chi connectivity index (χ2n) is 4.35. The van der Waals surface area contributed by atoms with Crippen LogP contribution in [0.3, 0.4) is 0 Å². The first-order valence-corrected chi connectivity index (χ1v) is 5.96. The Bertz CT molecular complexity index is 714. The van der Waals surface area contributed by atoms with Crippen molar-refractivity contribution in [3.63, 3.8) is 0 Å². The van der Waals surface area contributed by atoms with Gasteiger partial charge in [0.15, 0.2) is 0 Å². The molecule has 0 atom stereocenters. The van der Waals surface area contributed by atoms with Gasteiger partial charge in [-0.1, -0.05) is 36.3 Å². The van der Waals surface area contributed by atoms with E-state index in [4.69, 9.17) is 6.42 Å². The highest BCUT2D eigenvalue weighted by Gasteiger charge is 2.02. The number of hydrogen-bond donors (Lipinski definition) is 0. The molecule has 0 saturated heterocycles. The van der Waals surface area contributed by atoms with Crippen molar-refractivity contribution in [1.29, 1.82) is 0 Å². The maximum Gasteiger partial charge on any atom is 0.0484 e. The van der Waals surface area contributed by atoms with E-state index in [1.54, 1.807) is 0 Å². The third kappa shape index (κ3) is 1.89. The second-order valence-corrected chi connectivity index (χ2v) is 4.35. The van der Waals surface area contributed by atoms with Crippen LogP contribution in [0.25, 0.3) is 10.9 Å². The van der Waals surface area contributed by atoms with E-state index in [2.05, 4.69) is 59.1 Å². The molecule has 0 radical (unpaired) electrons. The molecule has 0 aliphatic carbocycles. The van der Waals surface area contributed by atoms with Crippen molar-refractivity contribution in [2.75, 3.05) is 0 Å². The van der Waals surface area contributed by atoms with Gasteiger partial charge in [-0.05, 0) is 29.8 Å². The van der Waals surface area contributed by atoms with Gasteiger partial charge in [0.05, 0.1) is 0 Å². The predicted octanol–water partition coefficient (Wildman–Crippen LogP) is 3.67. The van der Waals surface area contributed by atoms with Crippen molar-refractivity contribution >= 4 is 10.9 Å². The molecule has 0 spiro atoms. The Balaban J connectivity index is 2.01. The molecule has 1 nitrogen and oxygen atoms in total. The van der Waals surface area contributed by atoms with Crippen LogP contribution >= 0.6 is 0 Å². The monoisotopic (exact) mass is 231 g/mol. The summed E-state index contributed by atoms with van der Waals surface area (Å²) in [6, 6.07) is 18.7. The van der Waals surface area contributed by atoms with Gasteiger partial charge in [0, 0.05) is 29.2 Å². The number of aromatic nitrogens is 1. The molecule has 1 aromatic heterocycles. The Labute approximate surface area is 107 Å². The largest absolute Gasteiger partial charge is 0.343 e. The van der Waals surface area contributed by atoms with Gasteiger partial charge in [-0.25, -0.2) is 0 Å². The Morgan fingerprint density at radius 2 is 1.83 bits per heavy atom. The SMILES string of the molecule is C#Cc1ccc2c(ccn2Cc2ccccc2)c1. The summed E-state index contributed by atoms with van der Waals surface area (Å²) >= 11 is 0. The third-order valence-corrected chi connectivity index (χ3v) is 3.13. The van der Waals surface area contributed by atoms with Crippen molar-refractivity contribution in [2.45, 2.75) is 6.54 Å². The Morgan fingerprint density at radius 3 is 2.61 bits per heavy atom. The molecule has 0 aliphatic rings. The minimum Gasteiger partial charge on any atom is -0.343 e. The second kappa shape index (κ2) is 4.43. The molecule has 0 saturated carbocycles. The fourth-order valence-corrected chi connectivity index (χ4v) is 2.21. The molecule has 1 heterocycles. The maximum absolute atomic E-state index is 5.41. The van der Waals surface area contributed by atoms with E-state index in [0.29, 0.717) is 0 Å². The molecule has 0 fully saturated rings. The molecule has 2 aromatic carbocycles. The van der Waals surface area contributed by atoms with Crippen molar-refractivity contribution in [1.82, 2.24) is 4.57 Å². The zero-order chi connectivity index (χ0) is 12.4. The van der Waals surface area contributed by atoms with E-state index in [9.17, 15) is 0 Å². The smallest absolute Gasteiger partial charge is 0.0484 e. The minimum atomic E-state index is 0.889. The average Bonchev–Trinajstić information content (AvgIpc) is 2.82. The van der Waals surface area contributed by atoms with Crippen LogP contribution in [0.4, 0.5) is 0 Å². The van der Waals surface area contributed by atoms with E-state index in [0.717, 1.165) is 12.1 Å². The van der Waals surface area contributed by atoms with Gasteiger partial charge in [-0.2, -0.15) is 0 Å². The average molecular weight is 231 g/mol. The first-order valence-electron chi connectivity index (χ1n) is 5.96. The van der Waals surface area contributed by atoms with Gasteiger partial charge in [0.1, 0.15) is 0 Å².